The lowest BCUT2D eigenvalue weighted by Crippen LogP contribution is -2.31. The van der Waals surface area contributed by atoms with Gasteiger partial charge in [0.15, 0.2) is 0 Å². The van der Waals surface area contributed by atoms with Gasteiger partial charge < -0.3 is 16.0 Å². The number of carbonyl (C=O) groups is 1. The Balaban J connectivity index is 2.07. The summed E-state index contributed by atoms with van der Waals surface area (Å²) < 4.78 is 0. The molecule has 1 heterocycles. The van der Waals surface area contributed by atoms with Gasteiger partial charge in [0.05, 0.1) is 11.4 Å². The van der Waals surface area contributed by atoms with E-state index in [1.165, 1.54) is 0 Å². The van der Waals surface area contributed by atoms with Crippen molar-refractivity contribution < 1.29 is 4.79 Å². The van der Waals surface area contributed by atoms with Gasteiger partial charge in [0.2, 0.25) is 6.41 Å². The lowest BCUT2D eigenvalue weighted by molar-refractivity contribution is -0.110. The number of amides is 1. The zero-order chi connectivity index (χ0) is 10.7. The average molecular weight is 205 g/mol. The van der Waals surface area contributed by atoms with E-state index in [-0.39, 0.29) is 6.04 Å². The topological polar surface area (TPSA) is 58.4 Å². The largest absolute Gasteiger partial charge is 0.397 e. The molecular weight excluding hydrogens is 190 g/mol. The Bertz CT molecular complexity index is 353. The van der Waals surface area contributed by atoms with Gasteiger partial charge in [0.1, 0.15) is 0 Å². The fourth-order valence-electron chi connectivity index (χ4n) is 1.99. The summed E-state index contributed by atoms with van der Waals surface area (Å²) in [6.07, 6.45) is 1.75. The predicted octanol–water partition coefficient (Wildman–Crippen LogP) is 0.593. The van der Waals surface area contributed by atoms with Gasteiger partial charge in [0, 0.05) is 19.1 Å². The minimum Gasteiger partial charge on any atom is -0.397 e. The molecular formula is C11H15N3O. The SMILES string of the molecule is Nc1ccccc1N1CCC(NC=O)C1. The minimum absolute atomic E-state index is 0.252. The van der Waals surface area contributed by atoms with Gasteiger partial charge in [0.25, 0.3) is 0 Å². The molecule has 0 bridgehead atoms. The molecule has 1 aromatic rings. The van der Waals surface area contributed by atoms with Crippen molar-refractivity contribution in [1.82, 2.24) is 5.32 Å². The maximum atomic E-state index is 10.3. The first kappa shape index (κ1) is 9.83. The third-order valence-corrected chi connectivity index (χ3v) is 2.77. The van der Waals surface area contributed by atoms with E-state index in [0.717, 1.165) is 37.3 Å². The number of hydrogen-bond acceptors (Lipinski definition) is 3. The highest BCUT2D eigenvalue weighted by Gasteiger charge is 2.22. The Morgan fingerprint density at radius 2 is 2.27 bits per heavy atom. The maximum Gasteiger partial charge on any atom is 0.207 e. The molecule has 1 fully saturated rings. The van der Waals surface area contributed by atoms with Gasteiger partial charge in [-0.1, -0.05) is 12.1 Å². The van der Waals surface area contributed by atoms with Gasteiger partial charge in [-0.25, -0.2) is 0 Å². The highest BCUT2D eigenvalue weighted by molar-refractivity contribution is 5.67. The third kappa shape index (κ3) is 2.03. The van der Waals surface area contributed by atoms with Gasteiger partial charge in [-0.05, 0) is 18.6 Å². The quantitative estimate of drug-likeness (QED) is 0.561. The molecule has 2 rings (SSSR count). The number of nitrogens with two attached hydrogens (primary N) is 1. The third-order valence-electron chi connectivity index (χ3n) is 2.77. The molecule has 3 N–H and O–H groups in total. The van der Waals surface area contributed by atoms with Crippen molar-refractivity contribution >= 4 is 17.8 Å². The summed E-state index contributed by atoms with van der Waals surface area (Å²) >= 11 is 0. The van der Waals surface area contributed by atoms with E-state index in [1.807, 2.05) is 24.3 Å². The van der Waals surface area contributed by atoms with Crippen molar-refractivity contribution in [2.45, 2.75) is 12.5 Å². The molecule has 0 aromatic heterocycles. The van der Waals surface area contributed by atoms with Crippen molar-refractivity contribution in [1.29, 1.82) is 0 Å². The Hall–Kier alpha value is -1.71. The molecule has 1 amide bonds. The van der Waals surface area contributed by atoms with Crippen LogP contribution >= 0.6 is 0 Å². The highest BCUT2D eigenvalue weighted by atomic mass is 16.1. The number of hydrogen-bond donors (Lipinski definition) is 2. The van der Waals surface area contributed by atoms with E-state index >= 15 is 0 Å². The van der Waals surface area contributed by atoms with Crippen LogP contribution in [0.5, 0.6) is 0 Å². The first-order chi connectivity index (χ1) is 7.31. The number of nitrogens with one attached hydrogen (secondary N) is 1. The summed E-state index contributed by atoms with van der Waals surface area (Å²) in [4.78, 5) is 12.5. The number of nitrogen functional groups attached to an aromatic ring is 1. The van der Waals surface area contributed by atoms with E-state index < -0.39 is 0 Å². The number of carbonyl (C=O) groups excluding carboxylic acids is 1. The minimum atomic E-state index is 0.252. The molecule has 1 aliphatic rings. The molecule has 0 aliphatic carbocycles. The first-order valence-corrected chi connectivity index (χ1v) is 5.10. The van der Waals surface area contributed by atoms with E-state index in [1.54, 1.807) is 0 Å². The highest BCUT2D eigenvalue weighted by Crippen LogP contribution is 2.25. The van der Waals surface area contributed by atoms with Crippen LogP contribution in [-0.2, 0) is 4.79 Å². The van der Waals surface area contributed by atoms with Gasteiger partial charge in [-0.3, -0.25) is 4.79 Å². The molecule has 1 saturated heterocycles. The van der Waals surface area contributed by atoms with Crippen LogP contribution in [0.15, 0.2) is 24.3 Å². The Morgan fingerprint density at radius 3 is 3.00 bits per heavy atom. The smallest absolute Gasteiger partial charge is 0.207 e. The molecule has 1 aliphatic heterocycles. The normalized spacial score (nSPS) is 20.3. The van der Waals surface area contributed by atoms with Crippen LogP contribution in [0.1, 0.15) is 6.42 Å². The lowest BCUT2D eigenvalue weighted by atomic mass is 10.2. The van der Waals surface area contributed by atoms with Crippen LogP contribution < -0.4 is 16.0 Å². The Labute approximate surface area is 89.1 Å². The Kier molecular flexibility index (Phi) is 2.76. The fraction of sp³-hybridized carbons (Fsp3) is 0.364. The summed E-state index contributed by atoms with van der Waals surface area (Å²) in [6, 6.07) is 8.07. The number of para-hydroxylation sites is 2. The summed E-state index contributed by atoms with van der Waals surface area (Å²) in [5, 5.41) is 2.80. The summed E-state index contributed by atoms with van der Waals surface area (Å²) in [6.45, 7) is 1.78. The van der Waals surface area contributed by atoms with E-state index in [9.17, 15) is 4.79 Å². The summed E-state index contributed by atoms with van der Waals surface area (Å²) in [5.74, 6) is 0. The molecule has 4 nitrogen and oxygen atoms in total. The van der Waals surface area contributed by atoms with Crippen molar-refractivity contribution in [3.63, 3.8) is 0 Å². The molecule has 15 heavy (non-hydrogen) atoms. The van der Waals surface area contributed by atoms with Crippen molar-refractivity contribution in [3.8, 4) is 0 Å². The molecule has 1 aromatic carbocycles. The molecule has 1 atom stereocenters. The van der Waals surface area contributed by atoms with Gasteiger partial charge >= 0.3 is 0 Å². The second-order valence-corrected chi connectivity index (χ2v) is 3.77. The number of anilines is 2. The monoisotopic (exact) mass is 205 g/mol. The predicted molar refractivity (Wildman–Crippen MR) is 60.7 cm³/mol. The van der Waals surface area contributed by atoms with Crippen LogP contribution in [0, 0.1) is 0 Å². The first-order valence-electron chi connectivity index (χ1n) is 5.10. The van der Waals surface area contributed by atoms with Crippen LogP contribution in [0.4, 0.5) is 11.4 Å². The second kappa shape index (κ2) is 4.21. The number of nitrogens with zero attached hydrogens (tertiary/aromatic N) is 1. The average Bonchev–Trinajstić information content (AvgIpc) is 2.68. The number of rotatable bonds is 3. The van der Waals surface area contributed by atoms with Crippen LogP contribution in [0.25, 0.3) is 0 Å². The molecule has 0 saturated carbocycles. The summed E-state index contributed by atoms with van der Waals surface area (Å²) in [7, 11) is 0. The van der Waals surface area contributed by atoms with Crippen LogP contribution in [0.3, 0.4) is 0 Å². The zero-order valence-corrected chi connectivity index (χ0v) is 8.52. The van der Waals surface area contributed by atoms with Crippen LogP contribution in [-0.4, -0.2) is 25.5 Å². The summed E-state index contributed by atoms with van der Waals surface area (Å²) in [5.41, 5.74) is 7.75. The van der Waals surface area contributed by atoms with Crippen molar-refractivity contribution in [3.05, 3.63) is 24.3 Å². The van der Waals surface area contributed by atoms with Crippen molar-refractivity contribution in [2.75, 3.05) is 23.7 Å². The maximum absolute atomic E-state index is 10.3. The standard InChI is InChI=1S/C11H15N3O/c12-10-3-1-2-4-11(10)14-6-5-9(7-14)13-8-15/h1-4,8-9H,5-7,12H2,(H,13,15). The van der Waals surface area contributed by atoms with Crippen molar-refractivity contribution in [2.24, 2.45) is 0 Å². The molecule has 1 unspecified atom stereocenters. The fourth-order valence-corrected chi connectivity index (χ4v) is 1.99. The van der Waals surface area contributed by atoms with Gasteiger partial charge in [-0.2, -0.15) is 0 Å². The van der Waals surface area contributed by atoms with E-state index in [2.05, 4.69) is 10.2 Å². The van der Waals surface area contributed by atoms with E-state index in [0.29, 0.717) is 0 Å². The van der Waals surface area contributed by atoms with E-state index in [4.69, 9.17) is 5.73 Å². The van der Waals surface area contributed by atoms with Gasteiger partial charge in [-0.15, -0.1) is 0 Å². The zero-order valence-electron chi connectivity index (χ0n) is 8.52. The lowest BCUT2D eigenvalue weighted by Gasteiger charge is -2.20. The second-order valence-electron chi connectivity index (χ2n) is 3.77. The molecule has 0 spiro atoms. The molecule has 80 valence electrons. The Morgan fingerprint density at radius 1 is 1.47 bits per heavy atom. The molecule has 4 heteroatoms. The molecule has 0 radical (unpaired) electrons. The number of benzene rings is 1. The van der Waals surface area contributed by atoms with Crippen LogP contribution in [0.2, 0.25) is 0 Å².